The summed E-state index contributed by atoms with van der Waals surface area (Å²) in [6.45, 7) is 3.23. The Morgan fingerprint density at radius 2 is 2.27 bits per heavy atom. The first-order valence-corrected chi connectivity index (χ1v) is 8.45. The molecule has 1 atom stereocenters. The molecule has 0 aliphatic carbocycles. The summed E-state index contributed by atoms with van der Waals surface area (Å²) in [7, 11) is 0. The Hall–Kier alpha value is -2.87. The third-order valence-electron chi connectivity index (χ3n) is 4.22. The maximum atomic E-state index is 11.9. The van der Waals surface area contributed by atoms with Gasteiger partial charge in [0.15, 0.2) is 5.76 Å². The molecule has 0 radical (unpaired) electrons. The molecule has 0 spiro atoms. The molecule has 1 amide bonds. The number of nitrogen functional groups attached to an aromatic ring is 1. The molecule has 1 saturated heterocycles. The monoisotopic (exact) mass is 360 g/mol. The minimum absolute atomic E-state index is 0.149. The Morgan fingerprint density at radius 1 is 1.46 bits per heavy atom. The van der Waals surface area contributed by atoms with Gasteiger partial charge in [-0.25, -0.2) is 4.98 Å². The zero-order valence-corrected chi connectivity index (χ0v) is 14.5. The van der Waals surface area contributed by atoms with Crippen molar-refractivity contribution in [3.05, 3.63) is 48.0 Å². The molecule has 26 heavy (non-hydrogen) atoms. The van der Waals surface area contributed by atoms with Crippen LogP contribution in [0, 0.1) is 5.92 Å². The molecule has 1 unspecified atom stereocenters. The summed E-state index contributed by atoms with van der Waals surface area (Å²) in [6.07, 6.45) is 5.47. The lowest BCUT2D eigenvalue weighted by atomic mass is 9.97. The number of aromatic nitrogens is 1. The van der Waals surface area contributed by atoms with E-state index < -0.39 is 0 Å². The summed E-state index contributed by atoms with van der Waals surface area (Å²) < 4.78 is 5.11. The molecule has 2 aromatic heterocycles. The number of carbonyl (C=O) groups is 2. The largest absolute Gasteiger partial charge is 0.483 e. The predicted molar refractivity (Wildman–Crippen MR) is 96.4 cm³/mol. The second kappa shape index (κ2) is 10.2. The standard InChI is InChI=1S/C17H22N4O2.CH2O2/c18-16-14(5-1-7-19-16)12-21-8-2-4-13(11-21)10-20-17(22)15-6-3-9-23-15;2-1-3/h1,3,5-7,9,13H,2,4,8,10-12H2,(H2,18,19)(H,20,22);1H,(H,2,3). The number of amides is 1. The summed E-state index contributed by atoms with van der Waals surface area (Å²) in [5.41, 5.74) is 6.98. The van der Waals surface area contributed by atoms with Gasteiger partial charge in [0.25, 0.3) is 12.4 Å². The second-order valence-electron chi connectivity index (χ2n) is 6.08. The van der Waals surface area contributed by atoms with Crippen LogP contribution in [0.3, 0.4) is 0 Å². The SMILES string of the molecule is Nc1ncccc1CN1CCCC(CNC(=O)c2ccco2)C1.O=CO. The minimum Gasteiger partial charge on any atom is -0.483 e. The van der Waals surface area contributed by atoms with Crippen LogP contribution in [-0.2, 0) is 11.3 Å². The van der Waals surface area contributed by atoms with Crippen molar-refractivity contribution < 1.29 is 19.1 Å². The lowest BCUT2D eigenvalue weighted by Crippen LogP contribution is -2.40. The van der Waals surface area contributed by atoms with Gasteiger partial charge < -0.3 is 20.6 Å². The van der Waals surface area contributed by atoms with Gasteiger partial charge in [0.2, 0.25) is 0 Å². The number of pyridine rings is 1. The van der Waals surface area contributed by atoms with Gasteiger partial charge in [-0.2, -0.15) is 0 Å². The molecule has 0 bridgehead atoms. The maximum Gasteiger partial charge on any atom is 0.290 e. The van der Waals surface area contributed by atoms with Crippen molar-refractivity contribution in [1.82, 2.24) is 15.2 Å². The Balaban J connectivity index is 0.000000758. The van der Waals surface area contributed by atoms with E-state index in [1.54, 1.807) is 18.3 Å². The number of piperidine rings is 1. The fraction of sp³-hybridized carbons (Fsp3) is 0.389. The number of hydrogen-bond acceptors (Lipinski definition) is 6. The highest BCUT2D eigenvalue weighted by molar-refractivity contribution is 5.91. The molecular formula is C18H24N4O4. The van der Waals surface area contributed by atoms with Gasteiger partial charge >= 0.3 is 0 Å². The number of hydrogen-bond donors (Lipinski definition) is 3. The van der Waals surface area contributed by atoms with Crippen LogP contribution in [0.1, 0.15) is 29.0 Å². The molecule has 0 aromatic carbocycles. The van der Waals surface area contributed by atoms with E-state index >= 15 is 0 Å². The molecule has 1 aliphatic heterocycles. The van der Waals surface area contributed by atoms with E-state index in [4.69, 9.17) is 20.1 Å². The molecule has 4 N–H and O–H groups in total. The van der Waals surface area contributed by atoms with Crippen LogP contribution in [0.4, 0.5) is 5.82 Å². The quantitative estimate of drug-likeness (QED) is 0.692. The smallest absolute Gasteiger partial charge is 0.290 e. The highest BCUT2D eigenvalue weighted by atomic mass is 16.3. The number of nitrogens with one attached hydrogen (secondary N) is 1. The fourth-order valence-corrected chi connectivity index (χ4v) is 3.02. The fourth-order valence-electron chi connectivity index (χ4n) is 3.02. The van der Waals surface area contributed by atoms with Crippen molar-refractivity contribution in [2.75, 3.05) is 25.4 Å². The molecule has 3 rings (SSSR count). The van der Waals surface area contributed by atoms with Crippen LogP contribution in [0.25, 0.3) is 0 Å². The molecule has 8 heteroatoms. The van der Waals surface area contributed by atoms with E-state index in [-0.39, 0.29) is 12.4 Å². The van der Waals surface area contributed by atoms with Gasteiger partial charge in [0.05, 0.1) is 6.26 Å². The van der Waals surface area contributed by atoms with Gasteiger partial charge in [-0.15, -0.1) is 0 Å². The number of likely N-dealkylation sites (tertiary alicyclic amines) is 1. The van der Waals surface area contributed by atoms with E-state index in [0.29, 0.717) is 24.0 Å². The average Bonchev–Trinajstić information content (AvgIpc) is 3.18. The van der Waals surface area contributed by atoms with Crippen LogP contribution in [0.15, 0.2) is 41.1 Å². The number of anilines is 1. The normalized spacial score (nSPS) is 17.0. The van der Waals surface area contributed by atoms with Crippen LogP contribution in [0.5, 0.6) is 0 Å². The summed E-state index contributed by atoms with van der Waals surface area (Å²) in [4.78, 5) is 26.8. The summed E-state index contributed by atoms with van der Waals surface area (Å²) >= 11 is 0. The average molecular weight is 360 g/mol. The number of nitrogens with zero attached hydrogens (tertiary/aromatic N) is 2. The number of rotatable bonds is 5. The summed E-state index contributed by atoms with van der Waals surface area (Å²) in [6, 6.07) is 7.32. The lowest BCUT2D eigenvalue weighted by molar-refractivity contribution is -0.122. The van der Waals surface area contributed by atoms with Gasteiger partial charge in [-0.3, -0.25) is 14.5 Å². The van der Waals surface area contributed by atoms with Gasteiger partial charge in [0, 0.05) is 31.4 Å². The predicted octanol–water partition coefficient (Wildman–Crippen LogP) is 1.60. The van der Waals surface area contributed by atoms with Crippen LogP contribution in [-0.4, -0.2) is 47.0 Å². The third kappa shape index (κ3) is 5.89. The molecule has 2 aromatic rings. The Bertz CT molecular complexity index is 690. The van der Waals surface area contributed by atoms with Gasteiger partial charge in [0.1, 0.15) is 5.82 Å². The van der Waals surface area contributed by atoms with E-state index in [2.05, 4.69) is 15.2 Å². The molecular weight excluding hydrogens is 336 g/mol. The Morgan fingerprint density at radius 3 is 2.96 bits per heavy atom. The van der Waals surface area contributed by atoms with Crippen molar-refractivity contribution in [2.45, 2.75) is 19.4 Å². The molecule has 140 valence electrons. The molecule has 8 nitrogen and oxygen atoms in total. The van der Waals surface area contributed by atoms with E-state index in [9.17, 15) is 4.79 Å². The lowest BCUT2D eigenvalue weighted by Gasteiger charge is -2.32. The molecule has 3 heterocycles. The van der Waals surface area contributed by atoms with Crippen molar-refractivity contribution in [1.29, 1.82) is 0 Å². The topological polar surface area (TPSA) is 122 Å². The number of furan rings is 1. The highest BCUT2D eigenvalue weighted by Crippen LogP contribution is 2.19. The Kier molecular flexibility index (Phi) is 7.63. The van der Waals surface area contributed by atoms with Crippen LogP contribution < -0.4 is 11.1 Å². The van der Waals surface area contributed by atoms with Gasteiger partial charge in [-0.05, 0) is 43.5 Å². The number of nitrogens with two attached hydrogens (primary N) is 1. The number of carbonyl (C=O) groups excluding carboxylic acids is 1. The third-order valence-corrected chi connectivity index (χ3v) is 4.22. The summed E-state index contributed by atoms with van der Waals surface area (Å²) in [5, 5.41) is 9.84. The van der Waals surface area contributed by atoms with Gasteiger partial charge in [-0.1, -0.05) is 6.07 Å². The maximum absolute atomic E-state index is 11.9. The van der Waals surface area contributed by atoms with Crippen LogP contribution >= 0.6 is 0 Å². The first-order chi connectivity index (χ1) is 12.6. The zero-order chi connectivity index (χ0) is 18.8. The zero-order valence-electron chi connectivity index (χ0n) is 14.5. The van der Waals surface area contributed by atoms with Crippen molar-refractivity contribution in [3.8, 4) is 0 Å². The van der Waals surface area contributed by atoms with Crippen LogP contribution in [0.2, 0.25) is 0 Å². The van der Waals surface area contributed by atoms with Crippen molar-refractivity contribution in [3.63, 3.8) is 0 Å². The molecule has 1 fully saturated rings. The highest BCUT2D eigenvalue weighted by Gasteiger charge is 2.21. The first-order valence-electron chi connectivity index (χ1n) is 8.45. The van der Waals surface area contributed by atoms with E-state index in [1.807, 2.05) is 12.1 Å². The van der Waals surface area contributed by atoms with Crippen molar-refractivity contribution in [2.24, 2.45) is 5.92 Å². The molecule has 1 aliphatic rings. The number of carboxylic acid groups (broad SMARTS) is 1. The minimum atomic E-state index is -0.250. The Labute approximate surface area is 152 Å². The van der Waals surface area contributed by atoms with E-state index in [1.165, 1.54) is 6.26 Å². The first kappa shape index (κ1) is 19.5. The molecule has 0 saturated carbocycles. The van der Waals surface area contributed by atoms with Crippen molar-refractivity contribution >= 4 is 18.2 Å². The second-order valence-corrected chi connectivity index (χ2v) is 6.08. The summed E-state index contributed by atoms with van der Waals surface area (Å²) in [5.74, 6) is 1.26. The van der Waals surface area contributed by atoms with E-state index in [0.717, 1.165) is 38.0 Å².